The molecule has 0 spiro atoms. The molecule has 0 saturated carbocycles. The van der Waals surface area contributed by atoms with E-state index in [1.165, 1.54) is 46.1 Å². The Labute approximate surface area is 152 Å². The zero-order chi connectivity index (χ0) is 18.3. The average molecular weight is 373 g/mol. The number of likely N-dealkylation sites (tertiary alicyclic amines) is 1. The van der Waals surface area contributed by atoms with Crippen LogP contribution in [0.1, 0.15) is 27.5 Å². The highest BCUT2D eigenvalue weighted by Crippen LogP contribution is 2.23. The van der Waals surface area contributed by atoms with Crippen LogP contribution in [0.5, 0.6) is 5.75 Å². The largest absolute Gasteiger partial charge is 0.487 e. The minimum atomic E-state index is -0.344. The minimum Gasteiger partial charge on any atom is -0.487 e. The van der Waals surface area contributed by atoms with Crippen molar-refractivity contribution in [1.82, 2.24) is 14.3 Å². The molecule has 4 rings (SSSR count). The van der Waals surface area contributed by atoms with Gasteiger partial charge in [-0.05, 0) is 37.6 Å². The number of halogens is 1. The Bertz CT molecular complexity index is 1040. The van der Waals surface area contributed by atoms with Gasteiger partial charge in [-0.3, -0.25) is 9.59 Å². The molecule has 0 bridgehead atoms. The molecule has 1 aliphatic heterocycles. The Morgan fingerprint density at radius 2 is 2.04 bits per heavy atom. The lowest BCUT2D eigenvalue weighted by molar-refractivity contribution is 0.0643. The average Bonchev–Trinajstić information content (AvgIpc) is 2.89. The predicted molar refractivity (Wildman–Crippen MR) is 95.3 cm³/mol. The molecular formula is C18H16FN3O3S. The van der Waals surface area contributed by atoms with Crippen molar-refractivity contribution in [3.05, 3.63) is 62.8 Å². The minimum absolute atomic E-state index is 0.0870. The number of nitrogens with zero attached hydrogens (tertiary/aromatic N) is 3. The van der Waals surface area contributed by atoms with Gasteiger partial charge in [0.05, 0.1) is 5.69 Å². The first-order valence-corrected chi connectivity index (χ1v) is 9.04. The fraction of sp³-hybridized carbons (Fsp3) is 0.278. The van der Waals surface area contributed by atoms with Crippen LogP contribution in [0.3, 0.4) is 0 Å². The highest BCUT2D eigenvalue weighted by molar-refractivity contribution is 7.17. The standard InChI is InChI=1S/C18H16FN3O3S/c1-11-16(17(24)21-7-2-8-21)22-15(23)9-13(20-18(22)26-11)10-25-14-5-3-12(19)4-6-14/h3-6,9H,2,7-8,10H2,1H3. The second kappa shape index (κ2) is 6.53. The fourth-order valence-electron chi connectivity index (χ4n) is 2.80. The quantitative estimate of drug-likeness (QED) is 0.705. The van der Waals surface area contributed by atoms with Crippen molar-refractivity contribution in [2.75, 3.05) is 13.1 Å². The van der Waals surface area contributed by atoms with Gasteiger partial charge < -0.3 is 9.64 Å². The van der Waals surface area contributed by atoms with Gasteiger partial charge in [-0.25, -0.2) is 13.8 Å². The summed E-state index contributed by atoms with van der Waals surface area (Å²) in [5, 5.41) is 0. The number of rotatable bonds is 4. The van der Waals surface area contributed by atoms with Gasteiger partial charge >= 0.3 is 0 Å². The molecule has 0 N–H and O–H groups in total. The molecule has 0 unspecified atom stereocenters. The maximum Gasteiger partial charge on any atom is 0.272 e. The molecule has 0 atom stereocenters. The second-order valence-corrected chi connectivity index (χ2v) is 7.28. The zero-order valence-corrected chi connectivity index (χ0v) is 14.9. The van der Waals surface area contributed by atoms with Gasteiger partial charge in [-0.2, -0.15) is 0 Å². The summed E-state index contributed by atoms with van der Waals surface area (Å²) in [5.74, 6) is 0.0206. The number of carbonyl (C=O) groups excluding carboxylic acids is 1. The molecule has 0 radical (unpaired) electrons. The lowest BCUT2D eigenvalue weighted by Gasteiger charge is -2.30. The van der Waals surface area contributed by atoms with Crippen LogP contribution in [-0.2, 0) is 6.61 Å². The topological polar surface area (TPSA) is 63.9 Å². The Kier molecular flexibility index (Phi) is 4.20. The van der Waals surface area contributed by atoms with Crippen LogP contribution >= 0.6 is 11.3 Å². The van der Waals surface area contributed by atoms with Crippen LogP contribution in [0.25, 0.3) is 4.96 Å². The van der Waals surface area contributed by atoms with Gasteiger partial charge in [0, 0.05) is 24.0 Å². The Hall–Kier alpha value is -2.74. The number of ether oxygens (including phenoxy) is 1. The molecule has 3 heterocycles. The summed E-state index contributed by atoms with van der Waals surface area (Å²) >= 11 is 1.31. The number of carbonyl (C=O) groups is 1. The molecule has 1 aromatic carbocycles. The Morgan fingerprint density at radius 1 is 1.31 bits per heavy atom. The number of aromatic nitrogens is 2. The maximum atomic E-state index is 12.9. The molecule has 1 amide bonds. The van der Waals surface area contributed by atoms with E-state index >= 15 is 0 Å². The van der Waals surface area contributed by atoms with E-state index in [4.69, 9.17) is 4.74 Å². The van der Waals surface area contributed by atoms with E-state index in [1.54, 1.807) is 4.90 Å². The molecular weight excluding hydrogens is 357 g/mol. The molecule has 0 aliphatic carbocycles. The first kappa shape index (κ1) is 16.7. The van der Waals surface area contributed by atoms with E-state index in [0.29, 0.717) is 22.1 Å². The van der Waals surface area contributed by atoms with E-state index in [-0.39, 0.29) is 23.9 Å². The number of aryl methyl sites for hydroxylation is 1. The van der Waals surface area contributed by atoms with Gasteiger partial charge in [-0.1, -0.05) is 0 Å². The SMILES string of the molecule is Cc1sc2nc(COc3ccc(F)cc3)cc(=O)n2c1C(=O)N1CCC1. The number of hydrogen-bond donors (Lipinski definition) is 0. The van der Waals surface area contributed by atoms with Crippen LogP contribution in [-0.4, -0.2) is 33.3 Å². The van der Waals surface area contributed by atoms with E-state index in [0.717, 1.165) is 24.4 Å². The third kappa shape index (κ3) is 2.96. The van der Waals surface area contributed by atoms with Gasteiger partial charge in [0.15, 0.2) is 4.96 Å². The maximum absolute atomic E-state index is 12.9. The van der Waals surface area contributed by atoms with Gasteiger partial charge in [0.1, 0.15) is 23.9 Å². The molecule has 8 heteroatoms. The van der Waals surface area contributed by atoms with Crippen molar-refractivity contribution in [1.29, 1.82) is 0 Å². The normalized spacial score (nSPS) is 13.7. The number of thiazole rings is 1. The predicted octanol–water partition coefficient (Wildman–Crippen LogP) is 2.63. The molecule has 2 aromatic heterocycles. The summed E-state index contributed by atoms with van der Waals surface area (Å²) in [5.41, 5.74) is 0.553. The molecule has 1 saturated heterocycles. The second-order valence-electron chi connectivity index (χ2n) is 6.10. The van der Waals surface area contributed by atoms with Crippen molar-refractivity contribution >= 4 is 22.2 Å². The van der Waals surface area contributed by atoms with E-state index in [1.807, 2.05) is 6.92 Å². The summed E-state index contributed by atoms with van der Waals surface area (Å²) < 4.78 is 19.9. The number of benzene rings is 1. The van der Waals surface area contributed by atoms with E-state index in [9.17, 15) is 14.0 Å². The Morgan fingerprint density at radius 3 is 2.69 bits per heavy atom. The van der Waals surface area contributed by atoms with Crippen LogP contribution in [0.4, 0.5) is 4.39 Å². The monoisotopic (exact) mass is 373 g/mol. The molecule has 26 heavy (non-hydrogen) atoms. The molecule has 134 valence electrons. The first-order chi connectivity index (χ1) is 12.5. The number of fused-ring (bicyclic) bond motifs is 1. The smallest absolute Gasteiger partial charge is 0.272 e. The van der Waals surface area contributed by atoms with Crippen molar-refractivity contribution in [3.63, 3.8) is 0 Å². The van der Waals surface area contributed by atoms with Crippen LogP contribution in [0, 0.1) is 12.7 Å². The highest BCUT2D eigenvalue weighted by atomic mass is 32.1. The highest BCUT2D eigenvalue weighted by Gasteiger charge is 2.27. The van der Waals surface area contributed by atoms with Crippen molar-refractivity contribution in [2.24, 2.45) is 0 Å². The van der Waals surface area contributed by atoms with Crippen molar-refractivity contribution in [2.45, 2.75) is 20.0 Å². The van der Waals surface area contributed by atoms with Crippen LogP contribution in [0.15, 0.2) is 35.1 Å². The fourth-order valence-corrected chi connectivity index (χ4v) is 3.79. The summed E-state index contributed by atoms with van der Waals surface area (Å²) in [6.45, 7) is 3.35. The zero-order valence-electron chi connectivity index (χ0n) is 14.1. The van der Waals surface area contributed by atoms with Gasteiger partial charge in [0.2, 0.25) is 0 Å². The summed E-state index contributed by atoms with van der Waals surface area (Å²) in [6, 6.07) is 7.00. The number of hydrogen-bond acceptors (Lipinski definition) is 5. The summed E-state index contributed by atoms with van der Waals surface area (Å²) in [4.78, 5) is 32.6. The lowest BCUT2D eigenvalue weighted by atomic mass is 10.2. The van der Waals surface area contributed by atoms with Crippen molar-refractivity contribution < 1.29 is 13.9 Å². The third-order valence-corrected chi connectivity index (χ3v) is 5.24. The van der Waals surface area contributed by atoms with Gasteiger partial charge in [0.25, 0.3) is 11.5 Å². The summed E-state index contributed by atoms with van der Waals surface area (Å²) in [7, 11) is 0. The molecule has 3 aromatic rings. The van der Waals surface area contributed by atoms with Crippen molar-refractivity contribution in [3.8, 4) is 5.75 Å². The van der Waals surface area contributed by atoms with Gasteiger partial charge in [-0.15, -0.1) is 11.3 Å². The summed E-state index contributed by atoms with van der Waals surface area (Å²) in [6.07, 6.45) is 0.991. The molecule has 1 aliphatic rings. The molecule has 6 nitrogen and oxygen atoms in total. The Balaban J connectivity index is 1.63. The molecule has 1 fully saturated rings. The van der Waals surface area contributed by atoms with E-state index < -0.39 is 0 Å². The van der Waals surface area contributed by atoms with Crippen LogP contribution in [0.2, 0.25) is 0 Å². The third-order valence-electron chi connectivity index (χ3n) is 4.29. The lowest BCUT2D eigenvalue weighted by Crippen LogP contribution is -2.43. The van der Waals surface area contributed by atoms with Crippen LogP contribution < -0.4 is 10.3 Å². The van der Waals surface area contributed by atoms with E-state index in [2.05, 4.69) is 4.98 Å². The number of amides is 1. The first-order valence-electron chi connectivity index (χ1n) is 8.22.